The van der Waals surface area contributed by atoms with E-state index in [4.69, 9.17) is 5.11 Å². The summed E-state index contributed by atoms with van der Waals surface area (Å²) >= 11 is 0. The molecule has 0 bridgehead atoms. The molecule has 6 heteroatoms. The van der Waals surface area contributed by atoms with Gasteiger partial charge in [0.1, 0.15) is 0 Å². The van der Waals surface area contributed by atoms with Gasteiger partial charge in [0.2, 0.25) is 0 Å². The molecule has 1 rings (SSSR count). The van der Waals surface area contributed by atoms with Crippen molar-refractivity contribution >= 4 is 12.1 Å². The van der Waals surface area contributed by atoms with E-state index in [0.717, 1.165) is 0 Å². The molecule has 1 heterocycles. The number of rotatable bonds is 2. The van der Waals surface area contributed by atoms with Crippen LogP contribution in [0, 0.1) is 0 Å². The molecule has 0 aliphatic heterocycles. The normalized spacial score (nSPS) is 9.62. The second kappa shape index (κ2) is 3.70. The second-order valence-corrected chi connectivity index (χ2v) is 2.13. The minimum Gasteiger partial charge on any atom is -0.477 e. The summed E-state index contributed by atoms with van der Waals surface area (Å²) < 4.78 is 5.28. The van der Waals surface area contributed by atoms with Crippen molar-refractivity contribution in [3.05, 3.63) is 18.0 Å². The highest BCUT2D eigenvalue weighted by Crippen LogP contribution is 1.99. The minimum absolute atomic E-state index is 0.178. The number of aromatic carboxylic acids is 1. The highest BCUT2D eigenvalue weighted by Gasteiger charge is 2.16. The van der Waals surface area contributed by atoms with E-state index in [0.29, 0.717) is 4.68 Å². The topological polar surface area (TPSA) is 81.4 Å². The minimum atomic E-state index is -1.22. The fraction of sp³-hybridized carbons (Fsp3) is 0.286. The largest absolute Gasteiger partial charge is 0.477 e. The maximum Gasteiger partial charge on any atom is 0.435 e. The van der Waals surface area contributed by atoms with E-state index in [9.17, 15) is 9.59 Å². The second-order valence-electron chi connectivity index (χ2n) is 2.13. The smallest absolute Gasteiger partial charge is 0.435 e. The summed E-state index contributed by atoms with van der Waals surface area (Å²) in [5, 5.41) is 12.1. The summed E-state index contributed by atoms with van der Waals surface area (Å²) in [5.74, 6) is -1.22. The lowest BCUT2D eigenvalue weighted by Gasteiger charge is -2.01. The molecule has 0 saturated heterocycles. The molecule has 0 aliphatic carbocycles. The van der Waals surface area contributed by atoms with Gasteiger partial charge in [-0.25, -0.2) is 9.59 Å². The maximum atomic E-state index is 11.0. The maximum absolute atomic E-state index is 11.0. The van der Waals surface area contributed by atoms with Crippen LogP contribution in [0.15, 0.2) is 12.3 Å². The van der Waals surface area contributed by atoms with Crippen LogP contribution in [0.4, 0.5) is 4.79 Å². The lowest BCUT2D eigenvalue weighted by Crippen LogP contribution is -2.19. The Balaban J connectivity index is 2.93. The Morgan fingerprint density at radius 2 is 2.38 bits per heavy atom. The predicted octanol–water partition coefficient (Wildman–Crippen LogP) is 0.586. The van der Waals surface area contributed by atoms with Gasteiger partial charge in [-0.2, -0.15) is 9.78 Å². The van der Waals surface area contributed by atoms with Crippen LogP contribution in [0.1, 0.15) is 17.4 Å². The number of carboxylic acids is 1. The molecule has 0 spiro atoms. The lowest BCUT2D eigenvalue weighted by atomic mass is 10.4. The van der Waals surface area contributed by atoms with Crippen molar-refractivity contribution in [2.45, 2.75) is 6.92 Å². The molecule has 0 unspecified atom stereocenters. The van der Waals surface area contributed by atoms with Crippen molar-refractivity contribution in [1.29, 1.82) is 0 Å². The van der Waals surface area contributed by atoms with Crippen LogP contribution in [-0.4, -0.2) is 33.6 Å². The number of carbonyl (C=O) groups excluding carboxylic acids is 1. The highest BCUT2D eigenvalue weighted by atomic mass is 16.6. The Bertz CT molecular complexity index is 331. The van der Waals surface area contributed by atoms with Gasteiger partial charge in [-0.05, 0) is 13.0 Å². The lowest BCUT2D eigenvalue weighted by molar-refractivity contribution is 0.0679. The van der Waals surface area contributed by atoms with Crippen LogP contribution < -0.4 is 0 Å². The Morgan fingerprint density at radius 1 is 1.69 bits per heavy atom. The summed E-state index contributed by atoms with van der Waals surface area (Å²) in [4.78, 5) is 21.6. The molecule has 0 aliphatic rings. The Hall–Kier alpha value is -1.85. The fourth-order valence-electron chi connectivity index (χ4n) is 0.795. The summed E-state index contributed by atoms with van der Waals surface area (Å²) in [6.07, 6.45) is 0.435. The van der Waals surface area contributed by atoms with E-state index in [2.05, 4.69) is 9.84 Å². The van der Waals surface area contributed by atoms with Gasteiger partial charge in [0.15, 0.2) is 5.69 Å². The first kappa shape index (κ1) is 9.24. The molecule has 0 fully saturated rings. The van der Waals surface area contributed by atoms with Gasteiger partial charge in [0, 0.05) is 0 Å². The molecule has 0 radical (unpaired) electrons. The number of hydrogen-bond donors (Lipinski definition) is 1. The first-order valence-corrected chi connectivity index (χ1v) is 3.61. The quantitative estimate of drug-likeness (QED) is 0.727. The molecule has 0 amide bonds. The van der Waals surface area contributed by atoms with Crippen LogP contribution in [0.2, 0.25) is 0 Å². The van der Waals surface area contributed by atoms with Crippen molar-refractivity contribution in [3.8, 4) is 0 Å². The van der Waals surface area contributed by atoms with E-state index in [1.54, 1.807) is 6.92 Å². The first-order chi connectivity index (χ1) is 6.16. The van der Waals surface area contributed by atoms with Crippen molar-refractivity contribution in [3.63, 3.8) is 0 Å². The van der Waals surface area contributed by atoms with Gasteiger partial charge in [-0.1, -0.05) is 0 Å². The Labute approximate surface area is 73.7 Å². The molecule has 1 aromatic heterocycles. The van der Waals surface area contributed by atoms with Gasteiger partial charge in [0.25, 0.3) is 0 Å². The average Bonchev–Trinajstić information content (AvgIpc) is 2.52. The van der Waals surface area contributed by atoms with Crippen molar-refractivity contribution in [2.75, 3.05) is 6.61 Å². The van der Waals surface area contributed by atoms with Gasteiger partial charge in [-0.15, -0.1) is 0 Å². The third-order valence-electron chi connectivity index (χ3n) is 1.30. The zero-order valence-electron chi connectivity index (χ0n) is 6.93. The molecule has 6 nitrogen and oxygen atoms in total. The number of ether oxygens (including phenoxy) is 1. The molecule has 13 heavy (non-hydrogen) atoms. The molecule has 1 aromatic rings. The SMILES string of the molecule is CCOC(=O)n1nccc1C(=O)O. The van der Waals surface area contributed by atoms with Crippen molar-refractivity contribution in [2.24, 2.45) is 0 Å². The van der Waals surface area contributed by atoms with Crippen LogP contribution in [-0.2, 0) is 4.74 Å². The van der Waals surface area contributed by atoms with E-state index < -0.39 is 12.1 Å². The molecule has 0 saturated carbocycles. The van der Waals surface area contributed by atoms with Gasteiger partial charge < -0.3 is 9.84 Å². The zero-order valence-corrected chi connectivity index (χ0v) is 6.93. The van der Waals surface area contributed by atoms with Crippen molar-refractivity contribution < 1.29 is 19.4 Å². The monoisotopic (exact) mass is 184 g/mol. The fourth-order valence-corrected chi connectivity index (χ4v) is 0.795. The third kappa shape index (κ3) is 1.84. The average molecular weight is 184 g/mol. The molecular weight excluding hydrogens is 176 g/mol. The van der Waals surface area contributed by atoms with Gasteiger partial charge in [0.05, 0.1) is 12.8 Å². The summed E-state index contributed by atoms with van der Waals surface area (Å²) in [7, 11) is 0. The van der Waals surface area contributed by atoms with Crippen LogP contribution in [0.5, 0.6) is 0 Å². The van der Waals surface area contributed by atoms with Crippen LogP contribution >= 0.6 is 0 Å². The summed E-state index contributed by atoms with van der Waals surface area (Å²) in [6.45, 7) is 1.81. The molecular formula is C7H8N2O4. The highest BCUT2D eigenvalue weighted by molar-refractivity contribution is 5.89. The number of nitrogens with zero attached hydrogens (tertiary/aromatic N) is 2. The summed E-state index contributed by atoms with van der Waals surface area (Å²) in [5.41, 5.74) is -0.210. The third-order valence-corrected chi connectivity index (χ3v) is 1.30. The van der Waals surface area contributed by atoms with Crippen molar-refractivity contribution in [1.82, 2.24) is 9.78 Å². The first-order valence-electron chi connectivity index (χ1n) is 3.61. The molecule has 70 valence electrons. The van der Waals surface area contributed by atoms with E-state index in [-0.39, 0.29) is 12.3 Å². The molecule has 0 atom stereocenters. The standard InChI is InChI=1S/C7H8N2O4/c1-2-13-7(12)9-5(6(10)11)3-4-8-9/h3-4H,2H2,1H3,(H,10,11). The molecule has 0 aromatic carbocycles. The number of hydrogen-bond acceptors (Lipinski definition) is 4. The van der Waals surface area contributed by atoms with Crippen LogP contribution in [0.25, 0.3) is 0 Å². The van der Waals surface area contributed by atoms with Crippen LogP contribution in [0.3, 0.4) is 0 Å². The van der Waals surface area contributed by atoms with E-state index >= 15 is 0 Å². The number of aromatic nitrogens is 2. The van der Waals surface area contributed by atoms with Gasteiger partial charge >= 0.3 is 12.1 Å². The van der Waals surface area contributed by atoms with E-state index in [1.165, 1.54) is 12.3 Å². The van der Waals surface area contributed by atoms with E-state index in [1.807, 2.05) is 0 Å². The number of carbonyl (C=O) groups is 2. The number of carboxylic acid groups (broad SMARTS) is 1. The zero-order chi connectivity index (χ0) is 9.84. The summed E-state index contributed by atoms with van der Waals surface area (Å²) in [6, 6.07) is 1.22. The van der Waals surface area contributed by atoms with Gasteiger partial charge in [-0.3, -0.25) is 0 Å². The molecule has 1 N–H and O–H groups in total. The predicted molar refractivity (Wildman–Crippen MR) is 41.6 cm³/mol. The Morgan fingerprint density at radius 3 is 2.92 bits per heavy atom. The Kier molecular flexibility index (Phi) is 2.63.